The summed E-state index contributed by atoms with van der Waals surface area (Å²) >= 11 is 1.55. The number of furan rings is 1. The van der Waals surface area contributed by atoms with Gasteiger partial charge in [0.2, 0.25) is 0 Å². The average molecular weight is 423 g/mol. The molecule has 5 nitrogen and oxygen atoms in total. The summed E-state index contributed by atoms with van der Waals surface area (Å²) in [4.78, 5) is 17.2. The number of nitrogens with zero attached hydrogens (tertiary/aromatic N) is 1. The fourth-order valence-electron chi connectivity index (χ4n) is 4.47. The summed E-state index contributed by atoms with van der Waals surface area (Å²) in [6.07, 6.45) is 6.76. The molecule has 5 rings (SSSR count). The van der Waals surface area contributed by atoms with Crippen molar-refractivity contribution in [3.05, 3.63) is 64.9 Å². The van der Waals surface area contributed by atoms with Crippen molar-refractivity contribution in [3.8, 4) is 16.2 Å². The Morgan fingerprint density at radius 1 is 1.17 bits per heavy atom. The molecule has 0 unspecified atom stereocenters. The Labute approximate surface area is 180 Å². The molecule has 3 aromatic rings. The smallest absolute Gasteiger partial charge is 0.261 e. The van der Waals surface area contributed by atoms with E-state index in [-0.39, 0.29) is 5.91 Å². The highest BCUT2D eigenvalue weighted by Crippen LogP contribution is 2.42. The number of carbonyl (C=O) groups excluding carboxylic acids is 1. The Hall–Kier alpha value is -2.57. The number of hydrogen-bond acceptors (Lipinski definition) is 5. The van der Waals surface area contributed by atoms with Crippen LogP contribution in [0.3, 0.4) is 0 Å². The molecule has 1 N–H and O–H groups in total. The van der Waals surface area contributed by atoms with Crippen LogP contribution in [0.4, 0.5) is 0 Å². The summed E-state index contributed by atoms with van der Waals surface area (Å²) in [6, 6.07) is 14.5. The van der Waals surface area contributed by atoms with Crippen molar-refractivity contribution in [3.63, 3.8) is 0 Å². The van der Waals surface area contributed by atoms with Gasteiger partial charge in [0.05, 0.1) is 17.7 Å². The van der Waals surface area contributed by atoms with Crippen LogP contribution >= 0.6 is 11.3 Å². The fourth-order valence-corrected chi connectivity index (χ4v) is 5.59. The van der Waals surface area contributed by atoms with Gasteiger partial charge in [0, 0.05) is 35.1 Å². The SMILES string of the molecule is O=C(NCCN(Cc1ccco1)C1CCCC1)c1cc2c(s1)-c1ccccc1OC2. The Balaban J connectivity index is 1.22. The van der Waals surface area contributed by atoms with Gasteiger partial charge in [-0.15, -0.1) is 11.3 Å². The van der Waals surface area contributed by atoms with Gasteiger partial charge in [-0.1, -0.05) is 25.0 Å². The van der Waals surface area contributed by atoms with Gasteiger partial charge in [-0.05, 0) is 43.2 Å². The average Bonchev–Trinajstić information content (AvgIpc) is 3.54. The minimum absolute atomic E-state index is 0.00347. The molecule has 1 aliphatic heterocycles. The molecular formula is C24H26N2O3S. The second-order valence-electron chi connectivity index (χ2n) is 7.99. The molecule has 1 aliphatic carbocycles. The molecule has 1 amide bonds. The topological polar surface area (TPSA) is 54.7 Å². The van der Waals surface area contributed by atoms with Gasteiger partial charge in [-0.2, -0.15) is 0 Å². The van der Waals surface area contributed by atoms with E-state index in [4.69, 9.17) is 9.15 Å². The molecule has 0 atom stereocenters. The van der Waals surface area contributed by atoms with E-state index in [1.54, 1.807) is 17.6 Å². The van der Waals surface area contributed by atoms with E-state index in [0.29, 0.717) is 19.2 Å². The van der Waals surface area contributed by atoms with E-state index in [1.165, 1.54) is 25.7 Å². The van der Waals surface area contributed by atoms with Crippen LogP contribution in [0.1, 0.15) is 46.7 Å². The zero-order valence-electron chi connectivity index (χ0n) is 16.9. The van der Waals surface area contributed by atoms with Crippen LogP contribution in [0.25, 0.3) is 10.4 Å². The molecule has 1 fully saturated rings. The monoisotopic (exact) mass is 422 g/mol. The standard InChI is InChI=1S/C24H26N2O3S/c27-24(22-14-17-16-29-21-10-4-3-9-20(21)23(17)30-22)25-11-12-26(18-6-1-2-7-18)15-19-8-5-13-28-19/h3-5,8-10,13-14,18H,1-2,6-7,11-12,15-16H2,(H,25,27). The van der Waals surface area contributed by atoms with Crippen LogP contribution in [0.15, 0.2) is 53.1 Å². The third kappa shape index (κ3) is 4.02. The number of amides is 1. The minimum Gasteiger partial charge on any atom is -0.488 e. The Morgan fingerprint density at radius 2 is 2.03 bits per heavy atom. The highest BCUT2D eigenvalue weighted by atomic mass is 32.1. The van der Waals surface area contributed by atoms with Crippen molar-refractivity contribution in [2.45, 2.75) is 44.9 Å². The molecule has 30 heavy (non-hydrogen) atoms. The zero-order valence-corrected chi connectivity index (χ0v) is 17.7. The van der Waals surface area contributed by atoms with Crippen LogP contribution in [0, 0.1) is 0 Å². The second kappa shape index (κ2) is 8.66. The summed E-state index contributed by atoms with van der Waals surface area (Å²) in [5, 5.41) is 3.12. The summed E-state index contributed by atoms with van der Waals surface area (Å²) in [6.45, 7) is 2.78. The first kappa shape index (κ1) is 19.4. The molecule has 156 valence electrons. The molecular weight excluding hydrogens is 396 g/mol. The number of fused-ring (bicyclic) bond motifs is 3. The van der Waals surface area contributed by atoms with Gasteiger partial charge in [0.25, 0.3) is 5.91 Å². The third-order valence-electron chi connectivity index (χ3n) is 6.01. The largest absolute Gasteiger partial charge is 0.488 e. The molecule has 0 bridgehead atoms. The van der Waals surface area contributed by atoms with E-state index in [1.807, 2.05) is 36.4 Å². The van der Waals surface area contributed by atoms with Crippen molar-refractivity contribution in [1.82, 2.24) is 10.2 Å². The third-order valence-corrected chi connectivity index (χ3v) is 7.22. The van der Waals surface area contributed by atoms with Gasteiger partial charge < -0.3 is 14.5 Å². The molecule has 0 radical (unpaired) electrons. The molecule has 0 spiro atoms. The summed E-state index contributed by atoms with van der Waals surface area (Å²) < 4.78 is 11.4. The Kier molecular flexibility index (Phi) is 5.60. The lowest BCUT2D eigenvalue weighted by Crippen LogP contribution is -2.39. The number of thiophene rings is 1. The van der Waals surface area contributed by atoms with Crippen molar-refractivity contribution < 1.29 is 13.9 Å². The van der Waals surface area contributed by atoms with Gasteiger partial charge >= 0.3 is 0 Å². The van der Waals surface area contributed by atoms with Gasteiger partial charge in [0.15, 0.2) is 0 Å². The van der Waals surface area contributed by atoms with Crippen LogP contribution in [-0.4, -0.2) is 29.9 Å². The molecule has 2 aliphatic rings. The lowest BCUT2D eigenvalue weighted by atomic mass is 10.1. The minimum atomic E-state index is -0.00347. The first-order chi connectivity index (χ1) is 14.8. The molecule has 1 saturated carbocycles. The molecule has 2 aromatic heterocycles. The maximum absolute atomic E-state index is 12.8. The van der Waals surface area contributed by atoms with Crippen molar-refractivity contribution in [2.75, 3.05) is 13.1 Å². The van der Waals surface area contributed by atoms with E-state index in [2.05, 4.69) is 16.3 Å². The maximum atomic E-state index is 12.8. The second-order valence-corrected chi connectivity index (χ2v) is 9.05. The molecule has 0 saturated heterocycles. The summed E-state index contributed by atoms with van der Waals surface area (Å²) in [5.74, 6) is 1.87. The van der Waals surface area contributed by atoms with Gasteiger partial charge in [-0.25, -0.2) is 0 Å². The van der Waals surface area contributed by atoms with E-state index < -0.39 is 0 Å². The zero-order chi connectivity index (χ0) is 20.3. The van der Waals surface area contributed by atoms with E-state index in [0.717, 1.165) is 45.5 Å². The highest BCUT2D eigenvalue weighted by molar-refractivity contribution is 7.17. The quantitative estimate of drug-likeness (QED) is 0.577. The van der Waals surface area contributed by atoms with Crippen LogP contribution < -0.4 is 10.1 Å². The lowest BCUT2D eigenvalue weighted by molar-refractivity contribution is 0.0945. The van der Waals surface area contributed by atoms with Crippen LogP contribution in [-0.2, 0) is 13.2 Å². The Morgan fingerprint density at radius 3 is 2.87 bits per heavy atom. The number of nitrogens with one attached hydrogen (secondary N) is 1. The number of carbonyl (C=O) groups is 1. The van der Waals surface area contributed by atoms with E-state index in [9.17, 15) is 4.79 Å². The number of ether oxygens (including phenoxy) is 1. The highest BCUT2D eigenvalue weighted by Gasteiger charge is 2.24. The van der Waals surface area contributed by atoms with Gasteiger partial charge in [0.1, 0.15) is 18.1 Å². The van der Waals surface area contributed by atoms with Crippen molar-refractivity contribution in [2.24, 2.45) is 0 Å². The van der Waals surface area contributed by atoms with Crippen LogP contribution in [0.2, 0.25) is 0 Å². The maximum Gasteiger partial charge on any atom is 0.261 e. The normalized spacial score (nSPS) is 15.6. The van der Waals surface area contributed by atoms with Gasteiger partial charge in [-0.3, -0.25) is 9.69 Å². The van der Waals surface area contributed by atoms with Crippen molar-refractivity contribution >= 4 is 17.2 Å². The van der Waals surface area contributed by atoms with Crippen molar-refractivity contribution in [1.29, 1.82) is 0 Å². The number of hydrogen-bond donors (Lipinski definition) is 1. The predicted octanol–water partition coefficient (Wildman–Crippen LogP) is 5.08. The molecule has 6 heteroatoms. The first-order valence-corrected chi connectivity index (χ1v) is 11.5. The number of para-hydroxylation sites is 1. The number of benzene rings is 1. The summed E-state index contributed by atoms with van der Waals surface area (Å²) in [7, 11) is 0. The van der Waals surface area contributed by atoms with Crippen LogP contribution in [0.5, 0.6) is 5.75 Å². The predicted molar refractivity (Wildman–Crippen MR) is 118 cm³/mol. The Bertz CT molecular complexity index is 1010. The fraction of sp³-hybridized carbons (Fsp3) is 0.375. The van der Waals surface area contributed by atoms with E-state index >= 15 is 0 Å². The number of rotatable bonds is 7. The summed E-state index contributed by atoms with van der Waals surface area (Å²) in [5.41, 5.74) is 2.17. The molecule has 1 aromatic carbocycles. The lowest BCUT2D eigenvalue weighted by Gasteiger charge is -2.28. The molecule has 3 heterocycles. The first-order valence-electron chi connectivity index (χ1n) is 10.7.